The van der Waals surface area contributed by atoms with E-state index in [1.807, 2.05) is 0 Å². The molecule has 1 unspecified atom stereocenters. The van der Waals surface area contributed by atoms with Crippen LogP contribution in [0.15, 0.2) is 23.3 Å². The molecule has 0 aromatic rings. The molecule has 22 heavy (non-hydrogen) atoms. The van der Waals surface area contributed by atoms with Crippen molar-refractivity contribution in [2.24, 2.45) is 0 Å². The van der Waals surface area contributed by atoms with Crippen LogP contribution in [0, 0.1) is 0 Å². The summed E-state index contributed by atoms with van der Waals surface area (Å²) in [5, 5.41) is 0. The second kappa shape index (κ2) is 9.10. The first-order valence-corrected chi connectivity index (χ1v) is 20.1. The van der Waals surface area contributed by atoms with Crippen LogP contribution in [0.5, 0.6) is 0 Å². The van der Waals surface area contributed by atoms with Gasteiger partial charge in [0.2, 0.25) is 0 Å². The van der Waals surface area contributed by atoms with E-state index >= 15 is 0 Å². The first kappa shape index (κ1) is 21.3. The van der Waals surface area contributed by atoms with Crippen LogP contribution < -0.4 is 0 Å². The third-order valence-corrected chi connectivity index (χ3v) is 33.8. The standard InChI is InChI=1S/C8H11.2C4H11NS.ClH.Zr/c1-6-4-7(2)8(3)5-6;2*1-5(2)3-4-6;;/h4-5H,1-3H3;2*6H,3-4H2,1-2H3;1H;/q;;;;+3/p-3. The molecule has 0 aliphatic heterocycles. The molecule has 2 nitrogen and oxygen atoms in total. The molecule has 0 spiro atoms. The average Bonchev–Trinajstić information content (AvgIpc) is 2.63. The van der Waals surface area contributed by atoms with Gasteiger partial charge in [-0.25, -0.2) is 0 Å². The molecule has 1 aliphatic carbocycles. The van der Waals surface area contributed by atoms with Gasteiger partial charge in [0.25, 0.3) is 0 Å². The fourth-order valence-electron chi connectivity index (χ4n) is 2.48. The van der Waals surface area contributed by atoms with Gasteiger partial charge >= 0.3 is 151 Å². The van der Waals surface area contributed by atoms with E-state index in [9.17, 15) is 0 Å². The van der Waals surface area contributed by atoms with E-state index in [0.29, 0.717) is 0 Å². The van der Waals surface area contributed by atoms with E-state index in [1.165, 1.54) is 11.1 Å². The summed E-state index contributed by atoms with van der Waals surface area (Å²) in [5.41, 5.74) is 2.84. The number of halogens is 1. The van der Waals surface area contributed by atoms with E-state index in [1.54, 1.807) is 0 Å². The van der Waals surface area contributed by atoms with Crippen molar-refractivity contribution in [2.45, 2.75) is 23.9 Å². The van der Waals surface area contributed by atoms with Gasteiger partial charge in [-0.15, -0.1) is 0 Å². The molecule has 1 atom stereocenters. The Hall–Kier alpha value is 1.27. The minimum atomic E-state index is -2.95. The normalized spacial score (nSPS) is 22.5. The molecule has 0 aromatic heterocycles. The van der Waals surface area contributed by atoms with Crippen molar-refractivity contribution in [3.8, 4) is 0 Å². The summed E-state index contributed by atoms with van der Waals surface area (Å²) in [5.74, 6) is 2.27. The van der Waals surface area contributed by atoms with E-state index in [4.69, 9.17) is 8.51 Å². The van der Waals surface area contributed by atoms with Crippen LogP contribution in [0.1, 0.15) is 20.8 Å². The molecule has 0 amide bonds. The molecule has 0 heterocycles. The van der Waals surface area contributed by atoms with E-state index in [2.05, 4.69) is 88.0 Å². The van der Waals surface area contributed by atoms with Crippen molar-refractivity contribution in [2.75, 3.05) is 52.8 Å². The third-order valence-electron chi connectivity index (χ3n) is 4.05. The maximum absolute atomic E-state index is 7.43. The molecule has 0 aromatic carbocycles. The summed E-state index contributed by atoms with van der Waals surface area (Å²) in [4.78, 5) is 4.50. The Morgan fingerprint density at radius 3 is 1.82 bits per heavy atom. The fourth-order valence-corrected chi connectivity index (χ4v) is 28.2. The summed E-state index contributed by atoms with van der Waals surface area (Å²) >= 11 is -2.95. The third kappa shape index (κ3) is 5.67. The predicted octanol–water partition coefficient (Wildman–Crippen LogP) is 4.80. The molecule has 0 bridgehead atoms. The van der Waals surface area contributed by atoms with Gasteiger partial charge in [-0.05, 0) is 0 Å². The molecule has 128 valence electrons. The second-order valence-electron chi connectivity index (χ2n) is 6.76. The van der Waals surface area contributed by atoms with Crippen molar-refractivity contribution in [1.29, 1.82) is 0 Å². The topological polar surface area (TPSA) is 6.48 Å². The zero-order valence-electron chi connectivity index (χ0n) is 15.1. The number of hydrogen-bond donors (Lipinski definition) is 0. The number of rotatable bonds is 9. The molecular weight excluding hydrogens is 411 g/mol. The monoisotopic (exact) mass is 440 g/mol. The Bertz CT molecular complexity index is 424. The summed E-state index contributed by atoms with van der Waals surface area (Å²) in [6, 6.07) is 0. The Balaban J connectivity index is 2.88. The number of hydrogen-bond acceptors (Lipinski definition) is 4. The molecular formula is C16H31ClN2S2Zr. The second-order valence-corrected chi connectivity index (χ2v) is 32.4. The van der Waals surface area contributed by atoms with Crippen molar-refractivity contribution in [3.05, 3.63) is 23.3 Å². The fraction of sp³-hybridized carbons (Fsp3) is 0.750. The first-order valence-electron chi connectivity index (χ1n) is 7.75. The van der Waals surface area contributed by atoms with E-state index in [-0.39, 0.29) is 3.12 Å². The quantitative estimate of drug-likeness (QED) is 0.506. The van der Waals surface area contributed by atoms with Crippen LogP contribution >= 0.6 is 25.5 Å². The van der Waals surface area contributed by atoms with Crippen LogP contribution in [0.2, 0.25) is 3.12 Å². The van der Waals surface area contributed by atoms with Gasteiger partial charge in [0.15, 0.2) is 0 Å². The summed E-state index contributed by atoms with van der Waals surface area (Å²) < 4.78 is 0.119. The van der Waals surface area contributed by atoms with Gasteiger partial charge in [0, 0.05) is 0 Å². The van der Waals surface area contributed by atoms with Crippen molar-refractivity contribution >= 4 is 25.5 Å². The minimum absolute atomic E-state index is 0.119. The Labute approximate surface area is 150 Å². The average molecular weight is 442 g/mol. The maximum atomic E-state index is 7.43. The molecule has 0 radical (unpaired) electrons. The van der Waals surface area contributed by atoms with Crippen LogP contribution in [0.3, 0.4) is 0 Å². The van der Waals surface area contributed by atoms with Crippen LogP contribution in [-0.2, 0) is 16.1 Å². The van der Waals surface area contributed by atoms with E-state index in [0.717, 1.165) is 24.6 Å². The zero-order valence-corrected chi connectivity index (χ0v) is 19.9. The molecule has 0 N–H and O–H groups in total. The van der Waals surface area contributed by atoms with E-state index < -0.39 is 16.1 Å². The molecule has 0 fully saturated rings. The summed E-state index contributed by atoms with van der Waals surface area (Å²) in [7, 11) is 20.2. The summed E-state index contributed by atoms with van der Waals surface area (Å²) in [6.45, 7) is 9.05. The number of nitrogens with zero attached hydrogens (tertiary/aromatic N) is 2. The van der Waals surface area contributed by atoms with Crippen molar-refractivity contribution < 1.29 is 16.1 Å². The van der Waals surface area contributed by atoms with Gasteiger partial charge in [-0.2, -0.15) is 0 Å². The SMILES string of the molecule is CC1=C[C](C)([Zr]([Cl])([S]CCN(C)C)[S]CCN(C)C)C(C)=C1. The Kier molecular flexibility index (Phi) is 8.82. The van der Waals surface area contributed by atoms with Crippen LogP contribution in [0.25, 0.3) is 0 Å². The number of allylic oxidation sites excluding steroid dienone is 4. The first-order chi connectivity index (χ1) is 10.1. The Morgan fingerprint density at radius 1 is 1.05 bits per heavy atom. The zero-order chi connectivity index (χ0) is 17.0. The Morgan fingerprint density at radius 2 is 1.50 bits per heavy atom. The van der Waals surface area contributed by atoms with Gasteiger partial charge in [0.1, 0.15) is 0 Å². The van der Waals surface area contributed by atoms with Crippen LogP contribution in [-0.4, -0.2) is 62.6 Å². The van der Waals surface area contributed by atoms with Gasteiger partial charge in [-0.3, -0.25) is 0 Å². The molecule has 0 saturated carbocycles. The summed E-state index contributed by atoms with van der Waals surface area (Å²) in [6.07, 6.45) is 4.77. The molecule has 1 rings (SSSR count). The van der Waals surface area contributed by atoms with Crippen molar-refractivity contribution in [3.63, 3.8) is 0 Å². The van der Waals surface area contributed by atoms with Crippen molar-refractivity contribution in [1.82, 2.24) is 9.80 Å². The molecule has 1 aliphatic rings. The van der Waals surface area contributed by atoms with Crippen LogP contribution in [0.4, 0.5) is 0 Å². The van der Waals surface area contributed by atoms with Gasteiger partial charge < -0.3 is 0 Å². The van der Waals surface area contributed by atoms with Gasteiger partial charge in [-0.1, -0.05) is 0 Å². The molecule has 6 heteroatoms. The van der Waals surface area contributed by atoms with Gasteiger partial charge in [0.05, 0.1) is 0 Å². The molecule has 0 saturated heterocycles. The predicted molar refractivity (Wildman–Crippen MR) is 104 cm³/mol.